The first-order chi connectivity index (χ1) is 11.2. The lowest BCUT2D eigenvalue weighted by Crippen LogP contribution is -2.62. The van der Waals surface area contributed by atoms with Gasteiger partial charge in [-0.1, -0.05) is 0 Å². The minimum absolute atomic E-state index is 0.00226. The first kappa shape index (κ1) is 16.0. The third-order valence-electron chi connectivity index (χ3n) is 4.94. The SMILES string of the molecule is COCCN1CCCC2(CCCN2C(=O)Cn2ccnc2)C1=O. The van der Waals surface area contributed by atoms with Gasteiger partial charge in [0.2, 0.25) is 11.8 Å². The van der Waals surface area contributed by atoms with Crippen LogP contribution in [0.5, 0.6) is 0 Å². The molecule has 2 saturated heterocycles. The number of likely N-dealkylation sites (tertiary alicyclic amines) is 2. The van der Waals surface area contributed by atoms with E-state index in [-0.39, 0.29) is 18.4 Å². The van der Waals surface area contributed by atoms with Crippen LogP contribution >= 0.6 is 0 Å². The van der Waals surface area contributed by atoms with Gasteiger partial charge in [-0.25, -0.2) is 4.98 Å². The van der Waals surface area contributed by atoms with Crippen molar-refractivity contribution in [2.24, 2.45) is 0 Å². The van der Waals surface area contributed by atoms with E-state index < -0.39 is 5.54 Å². The van der Waals surface area contributed by atoms with Crippen molar-refractivity contribution < 1.29 is 14.3 Å². The van der Waals surface area contributed by atoms with Crippen molar-refractivity contribution in [2.45, 2.75) is 37.8 Å². The topological polar surface area (TPSA) is 67.7 Å². The number of piperidine rings is 1. The van der Waals surface area contributed by atoms with Crippen LogP contribution in [0.2, 0.25) is 0 Å². The molecule has 7 heteroatoms. The van der Waals surface area contributed by atoms with E-state index in [1.165, 1.54) is 0 Å². The Hall–Kier alpha value is -1.89. The Morgan fingerprint density at radius 1 is 1.35 bits per heavy atom. The number of rotatable bonds is 5. The fourth-order valence-electron chi connectivity index (χ4n) is 3.83. The highest BCUT2D eigenvalue weighted by Crippen LogP contribution is 2.38. The molecule has 1 unspecified atom stereocenters. The number of ether oxygens (including phenoxy) is 1. The normalized spacial score (nSPS) is 24.7. The Kier molecular flexibility index (Phi) is 4.66. The molecule has 0 N–H and O–H groups in total. The van der Waals surface area contributed by atoms with E-state index >= 15 is 0 Å². The summed E-state index contributed by atoms with van der Waals surface area (Å²) in [5.74, 6) is 0.0970. The van der Waals surface area contributed by atoms with E-state index in [9.17, 15) is 9.59 Å². The summed E-state index contributed by atoms with van der Waals surface area (Å²) in [5.41, 5.74) is -0.635. The van der Waals surface area contributed by atoms with Gasteiger partial charge >= 0.3 is 0 Å². The minimum atomic E-state index is -0.635. The lowest BCUT2D eigenvalue weighted by Gasteiger charge is -2.44. The lowest BCUT2D eigenvalue weighted by molar-refractivity contribution is -0.156. The Bertz CT molecular complexity index is 560. The summed E-state index contributed by atoms with van der Waals surface area (Å²) in [7, 11) is 1.64. The molecule has 1 atom stereocenters. The predicted molar refractivity (Wildman–Crippen MR) is 83.6 cm³/mol. The maximum absolute atomic E-state index is 13.0. The molecule has 3 rings (SSSR count). The minimum Gasteiger partial charge on any atom is -0.383 e. The van der Waals surface area contributed by atoms with Gasteiger partial charge < -0.3 is 19.1 Å². The Morgan fingerprint density at radius 2 is 2.13 bits per heavy atom. The fourth-order valence-corrected chi connectivity index (χ4v) is 3.83. The van der Waals surface area contributed by atoms with Crippen LogP contribution in [0.3, 0.4) is 0 Å². The van der Waals surface area contributed by atoms with Gasteiger partial charge in [0.15, 0.2) is 0 Å². The number of carbonyl (C=O) groups is 2. The number of amides is 2. The van der Waals surface area contributed by atoms with Crippen LogP contribution in [0.4, 0.5) is 0 Å². The molecule has 1 aromatic heterocycles. The molecule has 1 spiro atoms. The smallest absolute Gasteiger partial charge is 0.248 e. The van der Waals surface area contributed by atoms with Gasteiger partial charge in [-0.3, -0.25) is 9.59 Å². The number of methoxy groups -OCH3 is 1. The number of hydrogen-bond donors (Lipinski definition) is 0. The van der Waals surface area contributed by atoms with Crippen molar-refractivity contribution in [2.75, 3.05) is 33.4 Å². The molecule has 1 aromatic rings. The van der Waals surface area contributed by atoms with Crippen molar-refractivity contribution in [3.05, 3.63) is 18.7 Å². The second-order valence-electron chi connectivity index (χ2n) is 6.30. The van der Waals surface area contributed by atoms with Crippen LogP contribution in [-0.2, 0) is 20.9 Å². The molecule has 126 valence electrons. The van der Waals surface area contributed by atoms with Gasteiger partial charge in [0.25, 0.3) is 0 Å². The highest BCUT2D eigenvalue weighted by Gasteiger charge is 2.52. The molecule has 0 aliphatic carbocycles. The zero-order valence-corrected chi connectivity index (χ0v) is 13.6. The molecule has 2 fully saturated rings. The van der Waals surface area contributed by atoms with Crippen molar-refractivity contribution in [1.82, 2.24) is 19.4 Å². The molecule has 0 bridgehead atoms. The summed E-state index contributed by atoms with van der Waals surface area (Å²) in [4.78, 5) is 33.4. The van der Waals surface area contributed by atoms with Gasteiger partial charge in [0.05, 0.1) is 12.9 Å². The van der Waals surface area contributed by atoms with Crippen molar-refractivity contribution in [3.63, 3.8) is 0 Å². The molecule has 7 nitrogen and oxygen atoms in total. The summed E-state index contributed by atoms with van der Waals surface area (Å²) in [6.07, 6.45) is 8.42. The second kappa shape index (κ2) is 6.70. The molecule has 0 radical (unpaired) electrons. The zero-order valence-electron chi connectivity index (χ0n) is 13.6. The van der Waals surface area contributed by atoms with Crippen molar-refractivity contribution in [3.8, 4) is 0 Å². The number of carbonyl (C=O) groups excluding carboxylic acids is 2. The summed E-state index contributed by atoms with van der Waals surface area (Å²) in [5, 5.41) is 0. The quantitative estimate of drug-likeness (QED) is 0.793. The van der Waals surface area contributed by atoms with E-state index in [2.05, 4.69) is 4.98 Å². The van der Waals surface area contributed by atoms with Gasteiger partial charge in [-0.05, 0) is 25.7 Å². The second-order valence-corrected chi connectivity index (χ2v) is 6.30. The zero-order chi connectivity index (χ0) is 16.3. The van der Waals surface area contributed by atoms with Crippen LogP contribution in [0.1, 0.15) is 25.7 Å². The Labute approximate surface area is 136 Å². The molecule has 2 aliphatic heterocycles. The maximum atomic E-state index is 13.0. The fraction of sp³-hybridized carbons (Fsp3) is 0.688. The molecule has 0 aromatic carbocycles. The van der Waals surface area contributed by atoms with Gasteiger partial charge in [0.1, 0.15) is 12.1 Å². The van der Waals surface area contributed by atoms with E-state index in [0.29, 0.717) is 19.7 Å². The average molecular weight is 320 g/mol. The van der Waals surface area contributed by atoms with Crippen LogP contribution in [0, 0.1) is 0 Å². The molecular formula is C16H24N4O3. The molecular weight excluding hydrogens is 296 g/mol. The molecule has 3 heterocycles. The van der Waals surface area contributed by atoms with Crippen molar-refractivity contribution >= 4 is 11.8 Å². The highest BCUT2D eigenvalue weighted by atomic mass is 16.5. The predicted octanol–water partition coefficient (Wildman–Crippen LogP) is 0.513. The molecule has 2 amide bonds. The number of nitrogens with zero attached hydrogens (tertiary/aromatic N) is 4. The average Bonchev–Trinajstić information content (AvgIpc) is 3.19. The monoisotopic (exact) mass is 320 g/mol. The largest absolute Gasteiger partial charge is 0.383 e. The summed E-state index contributed by atoms with van der Waals surface area (Å²) in [6.45, 7) is 2.80. The lowest BCUT2D eigenvalue weighted by atomic mass is 9.85. The van der Waals surface area contributed by atoms with E-state index in [1.807, 2.05) is 9.80 Å². The molecule has 2 aliphatic rings. The van der Waals surface area contributed by atoms with E-state index in [4.69, 9.17) is 4.74 Å². The van der Waals surface area contributed by atoms with Gasteiger partial charge in [0, 0.05) is 39.1 Å². The summed E-state index contributed by atoms with van der Waals surface area (Å²) < 4.78 is 6.86. The molecule has 23 heavy (non-hydrogen) atoms. The van der Waals surface area contributed by atoms with E-state index in [0.717, 1.165) is 32.2 Å². The first-order valence-corrected chi connectivity index (χ1v) is 8.22. The van der Waals surface area contributed by atoms with Crippen LogP contribution in [0.25, 0.3) is 0 Å². The first-order valence-electron chi connectivity index (χ1n) is 8.22. The number of hydrogen-bond acceptors (Lipinski definition) is 4. The summed E-state index contributed by atoms with van der Waals surface area (Å²) >= 11 is 0. The van der Waals surface area contributed by atoms with Crippen LogP contribution in [-0.4, -0.2) is 70.1 Å². The Balaban J connectivity index is 1.75. The maximum Gasteiger partial charge on any atom is 0.248 e. The van der Waals surface area contributed by atoms with Gasteiger partial charge in [-0.15, -0.1) is 0 Å². The van der Waals surface area contributed by atoms with Crippen molar-refractivity contribution in [1.29, 1.82) is 0 Å². The molecule has 0 saturated carbocycles. The number of imidazole rings is 1. The number of aromatic nitrogens is 2. The van der Waals surface area contributed by atoms with Crippen LogP contribution in [0.15, 0.2) is 18.7 Å². The standard InChI is InChI=1S/C16H24N4O3/c1-23-11-10-19-7-2-4-16(15(19)22)5-3-8-20(16)14(21)12-18-9-6-17-13-18/h6,9,13H,2-5,7-8,10-12H2,1H3. The van der Waals surface area contributed by atoms with Crippen LogP contribution < -0.4 is 0 Å². The third-order valence-corrected chi connectivity index (χ3v) is 4.94. The van der Waals surface area contributed by atoms with E-state index in [1.54, 1.807) is 30.4 Å². The van der Waals surface area contributed by atoms with Gasteiger partial charge in [-0.2, -0.15) is 0 Å². The summed E-state index contributed by atoms with van der Waals surface area (Å²) in [6, 6.07) is 0. The Morgan fingerprint density at radius 3 is 2.83 bits per heavy atom. The highest BCUT2D eigenvalue weighted by molar-refractivity contribution is 5.92. The third kappa shape index (κ3) is 2.97.